The van der Waals surface area contributed by atoms with Crippen molar-refractivity contribution in [2.75, 3.05) is 0 Å². The fourth-order valence-electron chi connectivity index (χ4n) is 4.35. The quantitative estimate of drug-likeness (QED) is 0.113. The van der Waals surface area contributed by atoms with Crippen molar-refractivity contribution in [1.82, 2.24) is 0 Å². The van der Waals surface area contributed by atoms with Gasteiger partial charge in [0, 0.05) is 12.6 Å². The van der Waals surface area contributed by atoms with E-state index in [-0.39, 0.29) is 0 Å². The van der Waals surface area contributed by atoms with Crippen LogP contribution in [0.3, 0.4) is 0 Å². The van der Waals surface area contributed by atoms with Crippen LogP contribution in [0.1, 0.15) is 167 Å². The Morgan fingerprint density at radius 1 is 0.467 bits per heavy atom. The molecule has 0 atom stereocenters. The van der Waals surface area contributed by atoms with Crippen molar-refractivity contribution in [3.05, 3.63) is 12.0 Å². The van der Waals surface area contributed by atoms with Crippen molar-refractivity contribution < 1.29 is 5.11 Å². The van der Waals surface area contributed by atoms with E-state index in [9.17, 15) is 5.11 Å². The molecule has 0 aliphatic rings. The Hall–Kier alpha value is -0.660. The molecular weight excluding hydrogens is 366 g/mol. The van der Waals surface area contributed by atoms with E-state index in [0.717, 1.165) is 12.8 Å². The summed E-state index contributed by atoms with van der Waals surface area (Å²) in [7, 11) is 0. The van der Waals surface area contributed by atoms with Gasteiger partial charge in [0.2, 0.25) is 0 Å². The van der Waals surface area contributed by atoms with E-state index in [2.05, 4.69) is 6.92 Å². The number of rotatable bonds is 25. The van der Waals surface area contributed by atoms with Crippen molar-refractivity contribution in [2.45, 2.75) is 167 Å². The van der Waals surface area contributed by atoms with E-state index in [4.69, 9.17) is 5.73 Å². The molecule has 0 saturated carbocycles. The van der Waals surface area contributed by atoms with E-state index in [1.54, 1.807) is 0 Å². The summed E-state index contributed by atoms with van der Waals surface area (Å²) in [4.78, 5) is 0. The average molecular weight is 424 g/mol. The summed E-state index contributed by atoms with van der Waals surface area (Å²) < 4.78 is 0. The summed E-state index contributed by atoms with van der Waals surface area (Å²) in [6.45, 7) is 2.30. The maximum absolute atomic E-state index is 9.27. The minimum absolute atomic E-state index is 0.341. The van der Waals surface area contributed by atoms with Crippen LogP contribution < -0.4 is 5.73 Å². The summed E-state index contributed by atoms with van der Waals surface area (Å²) in [5, 5.41) is 9.27. The first-order valence-electron chi connectivity index (χ1n) is 13.9. The fourth-order valence-corrected chi connectivity index (χ4v) is 4.35. The average Bonchev–Trinajstić information content (AvgIpc) is 2.76. The number of hydrogen-bond acceptors (Lipinski definition) is 2. The summed E-state index contributed by atoms with van der Waals surface area (Å²) in [5.41, 5.74) is 5.26. The predicted octanol–water partition coefficient (Wildman–Crippen LogP) is 10.1. The van der Waals surface area contributed by atoms with Gasteiger partial charge in [-0.3, -0.25) is 0 Å². The molecule has 0 spiro atoms. The summed E-state index contributed by atoms with van der Waals surface area (Å²) in [6, 6.07) is 0. The Morgan fingerprint density at radius 3 is 0.933 bits per heavy atom. The second-order valence-electron chi connectivity index (χ2n) is 9.54. The van der Waals surface area contributed by atoms with Crippen LogP contribution in [-0.4, -0.2) is 5.11 Å². The van der Waals surface area contributed by atoms with Crippen LogP contribution in [0.2, 0.25) is 0 Å². The van der Waals surface area contributed by atoms with Gasteiger partial charge in [-0.1, -0.05) is 155 Å². The van der Waals surface area contributed by atoms with Gasteiger partial charge in [0.25, 0.3) is 0 Å². The second-order valence-corrected chi connectivity index (χ2v) is 9.54. The van der Waals surface area contributed by atoms with Crippen LogP contribution in [0.25, 0.3) is 0 Å². The number of aliphatic hydroxyl groups excluding tert-OH is 1. The molecule has 0 rings (SSSR count). The first kappa shape index (κ1) is 29.3. The smallest absolute Gasteiger partial charge is 0.108 e. The highest BCUT2D eigenvalue weighted by molar-refractivity contribution is 4.85. The molecule has 0 aliphatic carbocycles. The van der Waals surface area contributed by atoms with Gasteiger partial charge in [-0.2, -0.15) is 0 Å². The van der Waals surface area contributed by atoms with Crippen molar-refractivity contribution >= 4 is 0 Å². The first-order valence-corrected chi connectivity index (χ1v) is 13.9. The van der Waals surface area contributed by atoms with Gasteiger partial charge < -0.3 is 10.8 Å². The third-order valence-corrected chi connectivity index (χ3v) is 6.48. The van der Waals surface area contributed by atoms with Gasteiger partial charge in [-0.25, -0.2) is 0 Å². The molecule has 30 heavy (non-hydrogen) atoms. The number of hydrogen-bond donors (Lipinski definition) is 2. The molecule has 0 aromatic rings. The molecule has 2 heteroatoms. The lowest BCUT2D eigenvalue weighted by atomic mass is 10.0. The van der Waals surface area contributed by atoms with Gasteiger partial charge in [0.05, 0.1) is 0 Å². The Balaban J connectivity index is 3.02. The number of allylic oxidation sites excluding steroid dienone is 1. The van der Waals surface area contributed by atoms with E-state index >= 15 is 0 Å². The molecule has 0 heterocycles. The van der Waals surface area contributed by atoms with Crippen molar-refractivity contribution in [3.63, 3.8) is 0 Å². The Morgan fingerprint density at radius 2 is 0.700 bits per heavy atom. The molecule has 180 valence electrons. The minimum atomic E-state index is 0.341. The molecule has 0 aromatic heterocycles. The molecule has 0 amide bonds. The molecule has 0 bridgehead atoms. The molecule has 0 unspecified atom stereocenters. The van der Waals surface area contributed by atoms with Gasteiger partial charge in [-0.05, 0) is 6.42 Å². The SMILES string of the molecule is CCCCCCCCCCCCCCCCCCCCCCCCCCC(O)=CN. The van der Waals surface area contributed by atoms with Gasteiger partial charge in [-0.15, -0.1) is 0 Å². The standard InChI is InChI=1S/C28H57NO/c1-2-3-4-5-6-7-8-9-10-11-12-13-14-15-16-17-18-19-20-21-22-23-24-25-26-28(30)27-29/h27,30H,2-26,29H2,1H3. The summed E-state index contributed by atoms with van der Waals surface area (Å²) in [5.74, 6) is 0.341. The Labute approximate surface area is 190 Å². The fraction of sp³-hybridized carbons (Fsp3) is 0.929. The molecule has 0 aliphatic heterocycles. The maximum atomic E-state index is 9.27. The number of nitrogens with two attached hydrogens (primary N) is 1. The van der Waals surface area contributed by atoms with Crippen molar-refractivity contribution in [1.29, 1.82) is 0 Å². The van der Waals surface area contributed by atoms with Crippen LogP contribution in [0.5, 0.6) is 0 Å². The molecular formula is C28H57NO. The van der Waals surface area contributed by atoms with E-state index in [0.29, 0.717) is 5.76 Å². The Kier molecular flexibility index (Phi) is 25.8. The zero-order valence-corrected chi connectivity index (χ0v) is 20.8. The lowest BCUT2D eigenvalue weighted by Crippen LogP contribution is -1.88. The van der Waals surface area contributed by atoms with Gasteiger partial charge >= 0.3 is 0 Å². The topological polar surface area (TPSA) is 46.2 Å². The van der Waals surface area contributed by atoms with Crippen LogP contribution in [-0.2, 0) is 0 Å². The highest BCUT2D eigenvalue weighted by Gasteiger charge is 1.97. The minimum Gasteiger partial charge on any atom is -0.511 e. The van der Waals surface area contributed by atoms with Crippen LogP contribution in [0.15, 0.2) is 12.0 Å². The van der Waals surface area contributed by atoms with Crippen LogP contribution >= 0.6 is 0 Å². The first-order chi connectivity index (χ1) is 14.8. The Bertz CT molecular complexity index is 340. The van der Waals surface area contributed by atoms with E-state index < -0.39 is 0 Å². The van der Waals surface area contributed by atoms with Crippen LogP contribution in [0.4, 0.5) is 0 Å². The third-order valence-electron chi connectivity index (χ3n) is 6.48. The molecule has 0 fully saturated rings. The molecule has 2 nitrogen and oxygen atoms in total. The predicted molar refractivity (Wildman–Crippen MR) is 136 cm³/mol. The monoisotopic (exact) mass is 423 g/mol. The summed E-state index contributed by atoms with van der Waals surface area (Å²) >= 11 is 0. The van der Waals surface area contributed by atoms with E-state index in [1.165, 1.54) is 154 Å². The summed E-state index contributed by atoms with van der Waals surface area (Å²) in [6.07, 6.45) is 36.0. The zero-order valence-electron chi connectivity index (χ0n) is 20.8. The third kappa shape index (κ3) is 25.4. The molecule has 0 saturated heterocycles. The highest BCUT2D eigenvalue weighted by atomic mass is 16.3. The van der Waals surface area contributed by atoms with Crippen molar-refractivity contribution in [2.24, 2.45) is 5.73 Å². The van der Waals surface area contributed by atoms with E-state index in [1.807, 2.05) is 0 Å². The normalized spacial score (nSPS) is 12.0. The van der Waals surface area contributed by atoms with Gasteiger partial charge in [0.15, 0.2) is 0 Å². The van der Waals surface area contributed by atoms with Crippen LogP contribution in [0, 0.1) is 0 Å². The highest BCUT2D eigenvalue weighted by Crippen LogP contribution is 2.16. The van der Waals surface area contributed by atoms with Gasteiger partial charge in [0.1, 0.15) is 5.76 Å². The second kappa shape index (κ2) is 26.4. The molecule has 0 radical (unpaired) electrons. The maximum Gasteiger partial charge on any atom is 0.108 e. The van der Waals surface area contributed by atoms with Crippen molar-refractivity contribution in [3.8, 4) is 0 Å². The largest absolute Gasteiger partial charge is 0.511 e. The lowest BCUT2D eigenvalue weighted by molar-refractivity contribution is 0.378. The number of aliphatic hydroxyl groups is 1. The molecule has 0 aromatic carbocycles. The molecule has 3 N–H and O–H groups in total. The number of unbranched alkanes of at least 4 members (excludes halogenated alkanes) is 23. The zero-order chi connectivity index (χ0) is 22.0. The lowest BCUT2D eigenvalue weighted by Gasteiger charge is -2.04.